The maximum Gasteiger partial charge on any atom is 0.263 e. The average molecular weight is 369 g/mol. The number of anilines is 1. The lowest BCUT2D eigenvalue weighted by Crippen LogP contribution is -2.25. The molecule has 0 atom stereocenters. The number of nitrogens with one attached hydrogen (secondary N) is 3. The van der Waals surface area contributed by atoms with Crippen LogP contribution in [0.15, 0.2) is 52.9 Å². The van der Waals surface area contributed by atoms with Gasteiger partial charge in [-0.25, -0.2) is 4.98 Å². The highest BCUT2D eigenvalue weighted by Crippen LogP contribution is 2.16. The molecule has 0 aromatic carbocycles. The second kappa shape index (κ2) is 8.17. The standard InChI is InChI=1S/C17H15N5O3S/c23-14(20-9-11-4-1-2-6-18-11)8-12-10-26-17(21-12)22-16(25)13-5-3-7-19-15(13)24/h1-7,10H,8-9H2,(H,19,24)(H,20,23)(H,21,22,25). The number of pyridine rings is 2. The molecule has 0 bridgehead atoms. The number of H-pyrrole nitrogens is 1. The van der Waals surface area contributed by atoms with Crippen molar-refractivity contribution in [3.8, 4) is 0 Å². The second-order valence-electron chi connectivity index (χ2n) is 5.29. The second-order valence-corrected chi connectivity index (χ2v) is 6.14. The molecule has 0 aliphatic carbocycles. The number of hydrogen-bond acceptors (Lipinski definition) is 6. The van der Waals surface area contributed by atoms with Crippen molar-refractivity contribution in [3.63, 3.8) is 0 Å². The maximum atomic E-state index is 12.1. The molecule has 0 fully saturated rings. The predicted molar refractivity (Wildman–Crippen MR) is 96.9 cm³/mol. The predicted octanol–water partition coefficient (Wildman–Crippen LogP) is 1.34. The van der Waals surface area contributed by atoms with Gasteiger partial charge in [0.1, 0.15) is 5.56 Å². The Morgan fingerprint density at radius 3 is 2.81 bits per heavy atom. The molecule has 132 valence electrons. The number of carbonyl (C=O) groups excluding carboxylic acids is 2. The van der Waals surface area contributed by atoms with Crippen LogP contribution in [-0.2, 0) is 17.8 Å². The summed E-state index contributed by atoms with van der Waals surface area (Å²) in [5.41, 5.74) is 0.819. The van der Waals surface area contributed by atoms with Gasteiger partial charge in [0.15, 0.2) is 5.13 Å². The van der Waals surface area contributed by atoms with Gasteiger partial charge >= 0.3 is 0 Å². The topological polar surface area (TPSA) is 117 Å². The molecule has 3 aromatic rings. The molecule has 0 saturated carbocycles. The van der Waals surface area contributed by atoms with Crippen molar-refractivity contribution in [2.75, 3.05) is 5.32 Å². The molecule has 26 heavy (non-hydrogen) atoms. The lowest BCUT2D eigenvalue weighted by atomic mass is 10.2. The fourth-order valence-corrected chi connectivity index (χ4v) is 2.83. The lowest BCUT2D eigenvalue weighted by Gasteiger charge is -2.03. The van der Waals surface area contributed by atoms with Crippen molar-refractivity contribution in [2.24, 2.45) is 0 Å². The van der Waals surface area contributed by atoms with E-state index < -0.39 is 11.5 Å². The van der Waals surface area contributed by atoms with E-state index in [2.05, 4.69) is 25.6 Å². The van der Waals surface area contributed by atoms with Gasteiger partial charge in [-0.05, 0) is 24.3 Å². The number of thiazole rings is 1. The molecule has 9 heteroatoms. The van der Waals surface area contributed by atoms with Gasteiger partial charge in [-0.15, -0.1) is 11.3 Å². The van der Waals surface area contributed by atoms with Crippen LogP contribution in [0.5, 0.6) is 0 Å². The number of carbonyl (C=O) groups is 2. The van der Waals surface area contributed by atoms with Crippen LogP contribution >= 0.6 is 11.3 Å². The van der Waals surface area contributed by atoms with Gasteiger partial charge in [-0.3, -0.25) is 24.7 Å². The number of amides is 2. The third-order valence-corrected chi connectivity index (χ3v) is 4.18. The molecule has 3 N–H and O–H groups in total. The molecule has 0 radical (unpaired) electrons. The molecule has 0 aliphatic rings. The van der Waals surface area contributed by atoms with Crippen LogP contribution in [-0.4, -0.2) is 26.8 Å². The molecule has 0 aliphatic heterocycles. The Balaban J connectivity index is 1.54. The monoisotopic (exact) mass is 369 g/mol. The minimum atomic E-state index is -0.549. The average Bonchev–Trinajstić information content (AvgIpc) is 3.08. The molecule has 0 spiro atoms. The number of aromatic amines is 1. The fourth-order valence-electron chi connectivity index (χ4n) is 2.13. The van der Waals surface area contributed by atoms with Crippen molar-refractivity contribution >= 4 is 28.3 Å². The first-order valence-electron chi connectivity index (χ1n) is 7.72. The van der Waals surface area contributed by atoms with E-state index >= 15 is 0 Å². The zero-order chi connectivity index (χ0) is 18.4. The normalized spacial score (nSPS) is 10.3. The van der Waals surface area contributed by atoms with E-state index in [1.807, 2.05) is 12.1 Å². The minimum Gasteiger partial charge on any atom is -0.350 e. The first-order valence-corrected chi connectivity index (χ1v) is 8.60. The van der Waals surface area contributed by atoms with Crippen LogP contribution in [0.1, 0.15) is 21.7 Å². The van der Waals surface area contributed by atoms with E-state index in [4.69, 9.17) is 0 Å². The molecule has 0 unspecified atom stereocenters. The number of aromatic nitrogens is 3. The molecule has 3 rings (SSSR count). The first-order chi connectivity index (χ1) is 12.6. The van der Waals surface area contributed by atoms with Gasteiger partial charge in [0.25, 0.3) is 11.5 Å². The summed E-state index contributed by atoms with van der Waals surface area (Å²) in [5.74, 6) is -0.745. The van der Waals surface area contributed by atoms with Crippen LogP contribution in [0.4, 0.5) is 5.13 Å². The molecule has 2 amide bonds. The van der Waals surface area contributed by atoms with Crippen molar-refractivity contribution in [2.45, 2.75) is 13.0 Å². The van der Waals surface area contributed by atoms with Gasteiger partial charge < -0.3 is 10.3 Å². The fraction of sp³-hybridized carbons (Fsp3) is 0.118. The zero-order valence-corrected chi connectivity index (χ0v) is 14.4. The summed E-state index contributed by atoms with van der Waals surface area (Å²) in [6.07, 6.45) is 3.20. The summed E-state index contributed by atoms with van der Waals surface area (Å²) in [6.45, 7) is 0.337. The number of hydrogen-bond donors (Lipinski definition) is 3. The summed E-state index contributed by atoms with van der Waals surface area (Å²) in [7, 11) is 0. The smallest absolute Gasteiger partial charge is 0.263 e. The zero-order valence-electron chi connectivity index (χ0n) is 13.6. The first kappa shape index (κ1) is 17.5. The quantitative estimate of drug-likeness (QED) is 0.606. The maximum absolute atomic E-state index is 12.1. The third kappa shape index (κ3) is 4.61. The number of rotatable bonds is 6. The Bertz CT molecular complexity index is 968. The van der Waals surface area contributed by atoms with Gasteiger partial charge in [0.05, 0.1) is 24.4 Å². The minimum absolute atomic E-state index is 0.00245. The van der Waals surface area contributed by atoms with Crippen molar-refractivity contribution in [1.82, 2.24) is 20.3 Å². The van der Waals surface area contributed by atoms with Gasteiger partial charge in [0.2, 0.25) is 5.91 Å². The largest absolute Gasteiger partial charge is 0.350 e. The molecule has 3 aromatic heterocycles. The highest BCUT2D eigenvalue weighted by molar-refractivity contribution is 7.14. The summed E-state index contributed by atoms with van der Waals surface area (Å²) in [6, 6.07) is 8.46. The summed E-state index contributed by atoms with van der Waals surface area (Å²) < 4.78 is 0. The van der Waals surface area contributed by atoms with E-state index in [1.54, 1.807) is 23.7 Å². The van der Waals surface area contributed by atoms with Crippen LogP contribution in [0.2, 0.25) is 0 Å². The highest BCUT2D eigenvalue weighted by atomic mass is 32.1. The van der Waals surface area contributed by atoms with E-state index in [1.165, 1.54) is 23.6 Å². The molecular weight excluding hydrogens is 354 g/mol. The van der Waals surface area contributed by atoms with Crippen LogP contribution < -0.4 is 16.2 Å². The van der Waals surface area contributed by atoms with Gasteiger partial charge in [-0.1, -0.05) is 6.07 Å². The highest BCUT2D eigenvalue weighted by Gasteiger charge is 2.13. The van der Waals surface area contributed by atoms with E-state index in [0.29, 0.717) is 17.4 Å². The van der Waals surface area contributed by atoms with Gasteiger partial charge in [0, 0.05) is 17.8 Å². The molecular formula is C17H15N5O3S. The van der Waals surface area contributed by atoms with Crippen molar-refractivity contribution in [3.05, 3.63) is 75.4 Å². The number of nitrogens with zero attached hydrogens (tertiary/aromatic N) is 2. The summed E-state index contributed by atoms with van der Waals surface area (Å²) in [5, 5.41) is 7.33. The molecule has 0 saturated heterocycles. The van der Waals surface area contributed by atoms with Crippen LogP contribution in [0.3, 0.4) is 0 Å². The van der Waals surface area contributed by atoms with Crippen LogP contribution in [0.25, 0.3) is 0 Å². The van der Waals surface area contributed by atoms with E-state index in [-0.39, 0.29) is 17.9 Å². The van der Waals surface area contributed by atoms with Crippen molar-refractivity contribution < 1.29 is 9.59 Å². The Morgan fingerprint density at radius 1 is 1.15 bits per heavy atom. The van der Waals surface area contributed by atoms with Crippen molar-refractivity contribution in [1.29, 1.82) is 0 Å². The molecule has 3 heterocycles. The Morgan fingerprint density at radius 2 is 2.04 bits per heavy atom. The van der Waals surface area contributed by atoms with Gasteiger partial charge in [-0.2, -0.15) is 0 Å². The SMILES string of the molecule is O=C(Cc1csc(NC(=O)c2ccc[nH]c2=O)n1)NCc1ccccn1. The molecule has 8 nitrogen and oxygen atoms in total. The summed E-state index contributed by atoms with van der Waals surface area (Å²) in [4.78, 5) is 46.4. The Kier molecular flexibility index (Phi) is 5.49. The summed E-state index contributed by atoms with van der Waals surface area (Å²) >= 11 is 1.19. The van der Waals surface area contributed by atoms with E-state index in [0.717, 1.165) is 5.69 Å². The Hall–Kier alpha value is -3.33. The van der Waals surface area contributed by atoms with Crippen LogP contribution in [0, 0.1) is 0 Å². The van der Waals surface area contributed by atoms with E-state index in [9.17, 15) is 14.4 Å². The Labute approximate surface area is 152 Å². The third-order valence-electron chi connectivity index (χ3n) is 3.37. The lowest BCUT2D eigenvalue weighted by molar-refractivity contribution is -0.120.